The second-order valence-corrected chi connectivity index (χ2v) is 6.17. The molecule has 2 aromatic carbocycles. The number of ether oxygens (including phenoxy) is 1. The van der Waals surface area contributed by atoms with Crippen LogP contribution in [-0.4, -0.2) is 12.5 Å². The van der Waals surface area contributed by atoms with Gasteiger partial charge in [0.2, 0.25) is 0 Å². The van der Waals surface area contributed by atoms with Gasteiger partial charge in [0.15, 0.2) is 6.61 Å². The minimum Gasteiger partial charge on any atom is -0.484 e. The SMILES string of the molecule is Cc1cc(=O)oc2ccc(OCC(=O)Nc3ccc(Br)cc3)cc12. The van der Waals surface area contributed by atoms with Crippen molar-refractivity contribution in [2.24, 2.45) is 0 Å². The molecule has 1 N–H and O–H groups in total. The van der Waals surface area contributed by atoms with E-state index in [9.17, 15) is 9.59 Å². The fourth-order valence-corrected chi connectivity index (χ4v) is 2.53. The van der Waals surface area contributed by atoms with Gasteiger partial charge >= 0.3 is 5.63 Å². The zero-order chi connectivity index (χ0) is 17.1. The van der Waals surface area contributed by atoms with Crippen molar-refractivity contribution in [2.45, 2.75) is 6.92 Å². The van der Waals surface area contributed by atoms with Crippen LogP contribution in [0.2, 0.25) is 0 Å². The summed E-state index contributed by atoms with van der Waals surface area (Å²) in [6.45, 7) is 1.71. The van der Waals surface area contributed by atoms with Gasteiger partial charge in [-0.15, -0.1) is 0 Å². The highest BCUT2D eigenvalue weighted by atomic mass is 79.9. The lowest BCUT2D eigenvalue weighted by Crippen LogP contribution is -2.20. The molecular formula is C18H14BrNO4. The molecule has 122 valence electrons. The molecule has 0 atom stereocenters. The van der Waals surface area contributed by atoms with Crippen LogP contribution in [0.15, 0.2) is 62.2 Å². The van der Waals surface area contributed by atoms with Crippen LogP contribution in [0, 0.1) is 6.92 Å². The molecule has 0 bridgehead atoms. The number of hydrogen-bond donors (Lipinski definition) is 1. The Balaban J connectivity index is 1.68. The molecule has 0 aliphatic carbocycles. The Morgan fingerprint density at radius 2 is 1.92 bits per heavy atom. The number of carbonyl (C=O) groups excluding carboxylic acids is 1. The summed E-state index contributed by atoms with van der Waals surface area (Å²) in [7, 11) is 0. The minimum atomic E-state index is -0.387. The number of fused-ring (bicyclic) bond motifs is 1. The Hall–Kier alpha value is -2.60. The second kappa shape index (κ2) is 6.88. The van der Waals surface area contributed by atoms with Crippen LogP contribution < -0.4 is 15.7 Å². The van der Waals surface area contributed by atoms with Crippen molar-refractivity contribution < 1.29 is 13.9 Å². The van der Waals surface area contributed by atoms with Crippen molar-refractivity contribution in [3.05, 3.63) is 69.0 Å². The van der Waals surface area contributed by atoms with E-state index in [-0.39, 0.29) is 18.1 Å². The molecule has 0 unspecified atom stereocenters. The molecule has 3 rings (SSSR count). The van der Waals surface area contributed by atoms with Gasteiger partial charge in [0.1, 0.15) is 11.3 Å². The van der Waals surface area contributed by atoms with E-state index >= 15 is 0 Å². The number of anilines is 1. The van der Waals surface area contributed by atoms with Crippen LogP contribution in [0.3, 0.4) is 0 Å². The van der Waals surface area contributed by atoms with E-state index < -0.39 is 0 Å². The molecule has 3 aromatic rings. The average Bonchev–Trinajstić information content (AvgIpc) is 2.55. The molecule has 24 heavy (non-hydrogen) atoms. The number of carbonyl (C=O) groups is 1. The van der Waals surface area contributed by atoms with Crippen molar-refractivity contribution in [1.29, 1.82) is 0 Å². The predicted molar refractivity (Wildman–Crippen MR) is 95.5 cm³/mol. The van der Waals surface area contributed by atoms with Crippen molar-refractivity contribution in [1.82, 2.24) is 0 Å². The third-order valence-electron chi connectivity index (χ3n) is 3.42. The van der Waals surface area contributed by atoms with E-state index in [2.05, 4.69) is 21.2 Å². The third kappa shape index (κ3) is 3.83. The van der Waals surface area contributed by atoms with Gasteiger partial charge in [-0.1, -0.05) is 15.9 Å². The van der Waals surface area contributed by atoms with Crippen molar-refractivity contribution in [3.8, 4) is 5.75 Å². The van der Waals surface area contributed by atoms with E-state index in [0.29, 0.717) is 17.0 Å². The normalized spacial score (nSPS) is 10.6. The second-order valence-electron chi connectivity index (χ2n) is 5.25. The summed E-state index contributed by atoms with van der Waals surface area (Å²) in [5, 5.41) is 3.53. The van der Waals surface area contributed by atoms with Crippen LogP contribution in [-0.2, 0) is 4.79 Å². The van der Waals surface area contributed by atoms with Gasteiger partial charge in [0.25, 0.3) is 5.91 Å². The first kappa shape index (κ1) is 16.3. The standard InChI is InChI=1S/C18H14BrNO4/c1-11-8-18(22)24-16-7-6-14(9-15(11)16)23-10-17(21)20-13-4-2-12(19)3-5-13/h2-9H,10H2,1H3,(H,20,21). The summed E-state index contributed by atoms with van der Waals surface area (Å²) in [5.41, 5.74) is 1.60. The van der Waals surface area contributed by atoms with E-state index in [1.165, 1.54) is 6.07 Å². The molecule has 0 saturated heterocycles. The summed E-state index contributed by atoms with van der Waals surface area (Å²) < 4.78 is 11.6. The molecule has 0 radical (unpaired) electrons. The predicted octanol–water partition coefficient (Wildman–Crippen LogP) is 3.88. The maximum Gasteiger partial charge on any atom is 0.336 e. The molecule has 5 nitrogen and oxygen atoms in total. The lowest BCUT2D eigenvalue weighted by molar-refractivity contribution is -0.118. The summed E-state index contributed by atoms with van der Waals surface area (Å²) in [6, 6.07) is 13.8. The Labute approximate surface area is 146 Å². The number of nitrogens with one attached hydrogen (secondary N) is 1. The number of hydrogen-bond acceptors (Lipinski definition) is 4. The first-order chi connectivity index (χ1) is 11.5. The van der Waals surface area contributed by atoms with E-state index in [4.69, 9.17) is 9.15 Å². The van der Waals surface area contributed by atoms with Crippen molar-refractivity contribution in [3.63, 3.8) is 0 Å². The van der Waals surface area contributed by atoms with E-state index in [1.54, 1.807) is 30.3 Å². The molecule has 1 aromatic heterocycles. The van der Waals surface area contributed by atoms with Crippen LogP contribution in [0.5, 0.6) is 5.75 Å². The minimum absolute atomic E-state index is 0.114. The lowest BCUT2D eigenvalue weighted by atomic mass is 10.1. The van der Waals surface area contributed by atoms with Crippen molar-refractivity contribution >= 4 is 38.5 Å². The fraction of sp³-hybridized carbons (Fsp3) is 0.111. The molecule has 1 amide bonds. The largest absolute Gasteiger partial charge is 0.484 e. The number of aryl methyl sites for hydroxylation is 1. The van der Waals surface area contributed by atoms with Gasteiger partial charge < -0.3 is 14.5 Å². The van der Waals surface area contributed by atoms with E-state index in [1.807, 2.05) is 19.1 Å². The van der Waals surface area contributed by atoms with Crippen LogP contribution in [0.1, 0.15) is 5.56 Å². The molecule has 0 fully saturated rings. The van der Waals surface area contributed by atoms with Crippen LogP contribution in [0.4, 0.5) is 5.69 Å². The number of amides is 1. The van der Waals surface area contributed by atoms with Gasteiger partial charge in [-0.3, -0.25) is 4.79 Å². The Bertz CT molecular complexity index is 947. The maximum absolute atomic E-state index is 11.9. The smallest absolute Gasteiger partial charge is 0.336 e. The molecule has 6 heteroatoms. The molecule has 1 heterocycles. The van der Waals surface area contributed by atoms with Crippen molar-refractivity contribution in [2.75, 3.05) is 11.9 Å². The van der Waals surface area contributed by atoms with E-state index in [0.717, 1.165) is 15.4 Å². The topological polar surface area (TPSA) is 68.5 Å². The maximum atomic E-state index is 11.9. The average molecular weight is 388 g/mol. The van der Waals surface area contributed by atoms with Gasteiger partial charge in [-0.25, -0.2) is 4.79 Å². The summed E-state index contributed by atoms with van der Waals surface area (Å²) in [5.74, 6) is 0.277. The fourth-order valence-electron chi connectivity index (χ4n) is 2.27. The number of halogens is 1. The zero-order valence-electron chi connectivity index (χ0n) is 12.8. The third-order valence-corrected chi connectivity index (χ3v) is 3.95. The zero-order valence-corrected chi connectivity index (χ0v) is 14.4. The first-order valence-corrected chi connectivity index (χ1v) is 8.03. The highest BCUT2D eigenvalue weighted by Crippen LogP contribution is 2.22. The van der Waals surface area contributed by atoms with Gasteiger partial charge in [-0.05, 0) is 55.0 Å². The highest BCUT2D eigenvalue weighted by molar-refractivity contribution is 9.10. The molecule has 0 aliphatic heterocycles. The number of benzene rings is 2. The summed E-state index contributed by atoms with van der Waals surface area (Å²) in [4.78, 5) is 23.3. The molecule has 0 spiro atoms. The monoisotopic (exact) mass is 387 g/mol. The quantitative estimate of drug-likeness (QED) is 0.689. The van der Waals surface area contributed by atoms with Gasteiger partial charge in [0.05, 0.1) is 0 Å². The van der Waals surface area contributed by atoms with Gasteiger partial charge in [-0.2, -0.15) is 0 Å². The first-order valence-electron chi connectivity index (χ1n) is 7.24. The Morgan fingerprint density at radius 1 is 1.17 bits per heavy atom. The Kier molecular flexibility index (Phi) is 4.66. The van der Waals surface area contributed by atoms with Crippen LogP contribution in [0.25, 0.3) is 11.0 Å². The summed E-state index contributed by atoms with van der Waals surface area (Å²) >= 11 is 3.34. The Morgan fingerprint density at radius 3 is 2.67 bits per heavy atom. The lowest BCUT2D eigenvalue weighted by Gasteiger charge is -2.09. The highest BCUT2D eigenvalue weighted by Gasteiger charge is 2.07. The van der Waals surface area contributed by atoms with Gasteiger partial charge in [0, 0.05) is 21.6 Å². The molecule has 0 saturated carbocycles. The van der Waals surface area contributed by atoms with Crippen LogP contribution >= 0.6 is 15.9 Å². The molecule has 0 aliphatic rings. The molecular weight excluding hydrogens is 374 g/mol. The summed E-state index contributed by atoms with van der Waals surface area (Å²) in [6.07, 6.45) is 0. The number of rotatable bonds is 4.